The minimum atomic E-state index is -0.815. The van der Waals surface area contributed by atoms with Gasteiger partial charge in [0.05, 0.1) is 11.5 Å². The average molecular weight is 224 g/mol. The molecule has 2 fully saturated rings. The standard InChI is InChI=1S/C13H20O3/c1-9-11(14)6-5-10(12(9)15)13(16)7-3-2-4-8-13/h9-10,16H,2-8H2,1H3. The summed E-state index contributed by atoms with van der Waals surface area (Å²) in [6, 6.07) is 0. The first kappa shape index (κ1) is 11.8. The van der Waals surface area contributed by atoms with Crippen LogP contribution in [-0.2, 0) is 9.59 Å². The van der Waals surface area contributed by atoms with Crippen LogP contribution < -0.4 is 0 Å². The van der Waals surface area contributed by atoms with Gasteiger partial charge >= 0.3 is 0 Å². The highest BCUT2D eigenvalue weighted by molar-refractivity contribution is 6.05. The summed E-state index contributed by atoms with van der Waals surface area (Å²) in [6.45, 7) is 1.68. The van der Waals surface area contributed by atoms with E-state index in [4.69, 9.17) is 0 Å². The van der Waals surface area contributed by atoms with Crippen molar-refractivity contribution in [2.24, 2.45) is 11.8 Å². The van der Waals surface area contributed by atoms with E-state index in [1.807, 2.05) is 0 Å². The van der Waals surface area contributed by atoms with Gasteiger partial charge < -0.3 is 5.11 Å². The fraction of sp³-hybridized carbons (Fsp3) is 0.846. The summed E-state index contributed by atoms with van der Waals surface area (Å²) in [7, 11) is 0. The Balaban J connectivity index is 2.14. The maximum Gasteiger partial charge on any atom is 0.148 e. The SMILES string of the molecule is CC1C(=O)CCC(C2(O)CCCCC2)C1=O. The summed E-state index contributed by atoms with van der Waals surface area (Å²) < 4.78 is 0. The molecular weight excluding hydrogens is 204 g/mol. The van der Waals surface area contributed by atoms with Gasteiger partial charge in [0.15, 0.2) is 0 Å². The van der Waals surface area contributed by atoms with E-state index in [2.05, 4.69) is 0 Å². The third-order valence-electron chi connectivity index (χ3n) is 4.30. The maximum absolute atomic E-state index is 12.1. The fourth-order valence-corrected chi connectivity index (χ4v) is 3.15. The largest absolute Gasteiger partial charge is 0.389 e. The minimum absolute atomic E-state index is 0.0272. The first-order valence-electron chi connectivity index (χ1n) is 6.33. The number of rotatable bonds is 1. The molecule has 0 radical (unpaired) electrons. The van der Waals surface area contributed by atoms with Gasteiger partial charge in [-0.15, -0.1) is 0 Å². The molecule has 2 aliphatic rings. The lowest BCUT2D eigenvalue weighted by Crippen LogP contribution is -2.49. The highest BCUT2D eigenvalue weighted by Gasteiger charge is 2.46. The molecule has 3 heteroatoms. The van der Waals surface area contributed by atoms with Crippen LogP contribution in [0.3, 0.4) is 0 Å². The molecule has 0 saturated heterocycles. The van der Waals surface area contributed by atoms with E-state index in [0.29, 0.717) is 12.8 Å². The van der Waals surface area contributed by atoms with E-state index >= 15 is 0 Å². The Labute approximate surface area is 96.2 Å². The molecule has 90 valence electrons. The van der Waals surface area contributed by atoms with Gasteiger partial charge in [-0.05, 0) is 26.2 Å². The Kier molecular flexibility index (Phi) is 3.15. The fourth-order valence-electron chi connectivity index (χ4n) is 3.15. The van der Waals surface area contributed by atoms with Crippen molar-refractivity contribution in [1.29, 1.82) is 0 Å². The van der Waals surface area contributed by atoms with Crippen molar-refractivity contribution in [1.82, 2.24) is 0 Å². The molecule has 2 saturated carbocycles. The molecular formula is C13H20O3. The van der Waals surface area contributed by atoms with Gasteiger partial charge in [0, 0.05) is 12.3 Å². The van der Waals surface area contributed by atoms with Crippen molar-refractivity contribution in [2.75, 3.05) is 0 Å². The number of hydrogen-bond donors (Lipinski definition) is 1. The Morgan fingerprint density at radius 3 is 2.44 bits per heavy atom. The summed E-state index contributed by atoms with van der Waals surface area (Å²) in [5.41, 5.74) is -0.815. The third-order valence-corrected chi connectivity index (χ3v) is 4.30. The second kappa shape index (κ2) is 4.28. The van der Waals surface area contributed by atoms with E-state index < -0.39 is 11.5 Å². The Morgan fingerprint density at radius 1 is 1.19 bits per heavy atom. The summed E-state index contributed by atoms with van der Waals surface area (Å²) >= 11 is 0. The second-order valence-electron chi connectivity index (χ2n) is 5.35. The van der Waals surface area contributed by atoms with Crippen molar-refractivity contribution < 1.29 is 14.7 Å². The molecule has 0 amide bonds. The van der Waals surface area contributed by atoms with Crippen molar-refractivity contribution in [2.45, 2.75) is 57.5 Å². The third kappa shape index (κ3) is 1.93. The summed E-state index contributed by atoms with van der Waals surface area (Å²) in [6.07, 6.45) is 5.62. The van der Waals surface area contributed by atoms with Gasteiger partial charge in [0.1, 0.15) is 11.6 Å². The van der Waals surface area contributed by atoms with Gasteiger partial charge in [-0.2, -0.15) is 0 Å². The molecule has 0 heterocycles. The summed E-state index contributed by atoms with van der Waals surface area (Å²) in [4.78, 5) is 23.5. The number of aliphatic hydroxyl groups is 1. The number of ketones is 2. The Morgan fingerprint density at radius 2 is 1.81 bits per heavy atom. The summed E-state index contributed by atoms with van der Waals surface area (Å²) in [5, 5.41) is 10.5. The zero-order chi connectivity index (χ0) is 11.8. The lowest BCUT2D eigenvalue weighted by atomic mass is 9.67. The summed E-state index contributed by atoms with van der Waals surface area (Å²) in [5.74, 6) is -0.772. The van der Waals surface area contributed by atoms with Crippen LogP contribution in [0, 0.1) is 11.8 Å². The van der Waals surface area contributed by atoms with Crippen LogP contribution in [0.5, 0.6) is 0 Å². The molecule has 2 aliphatic carbocycles. The van der Waals surface area contributed by atoms with Gasteiger partial charge in [-0.25, -0.2) is 0 Å². The van der Waals surface area contributed by atoms with Gasteiger partial charge in [0.25, 0.3) is 0 Å². The molecule has 1 N–H and O–H groups in total. The van der Waals surface area contributed by atoms with Crippen molar-refractivity contribution in [3.05, 3.63) is 0 Å². The molecule has 2 atom stereocenters. The van der Waals surface area contributed by atoms with Crippen LogP contribution in [0.4, 0.5) is 0 Å². The predicted molar refractivity (Wildman–Crippen MR) is 59.9 cm³/mol. The lowest BCUT2D eigenvalue weighted by Gasteiger charge is -2.41. The normalized spacial score (nSPS) is 35.1. The quantitative estimate of drug-likeness (QED) is 0.692. The number of Topliss-reactive ketones (excluding diaryl/α,β-unsaturated/α-hetero) is 2. The van der Waals surface area contributed by atoms with Crippen LogP contribution in [-0.4, -0.2) is 22.3 Å². The second-order valence-corrected chi connectivity index (χ2v) is 5.35. The van der Waals surface area contributed by atoms with Crippen LogP contribution in [0.1, 0.15) is 51.9 Å². The van der Waals surface area contributed by atoms with Crippen LogP contribution in [0.2, 0.25) is 0 Å². The molecule has 0 aliphatic heterocycles. The topological polar surface area (TPSA) is 54.4 Å². The number of hydrogen-bond acceptors (Lipinski definition) is 3. The molecule has 3 nitrogen and oxygen atoms in total. The number of carbonyl (C=O) groups is 2. The van der Waals surface area contributed by atoms with Gasteiger partial charge in [-0.1, -0.05) is 19.3 Å². The number of carbonyl (C=O) groups excluding carboxylic acids is 2. The first-order valence-corrected chi connectivity index (χ1v) is 6.33. The van der Waals surface area contributed by atoms with Crippen molar-refractivity contribution in [3.8, 4) is 0 Å². The van der Waals surface area contributed by atoms with Gasteiger partial charge in [0.2, 0.25) is 0 Å². The molecule has 16 heavy (non-hydrogen) atoms. The maximum atomic E-state index is 12.1. The van der Waals surface area contributed by atoms with Crippen molar-refractivity contribution in [3.63, 3.8) is 0 Å². The molecule has 0 spiro atoms. The molecule has 0 bridgehead atoms. The lowest BCUT2D eigenvalue weighted by molar-refractivity contribution is -0.148. The van der Waals surface area contributed by atoms with E-state index in [0.717, 1.165) is 32.1 Å². The van der Waals surface area contributed by atoms with Crippen LogP contribution >= 0.6 is 0 Å². The highest BCUT2D eigenvalue weighted by Crippen LogP contribution is 2.40. The van der Waals surface area contributed by atoms with Crippen LogP contribution in [0.15, 0.2) is 0 Å². The molecule has 0 aromatic rings. The highest BCUT2D eigenvalue weighted by atomic mass is 16.3. The smallest absolute Gasteiger partial charge is 0.148 e. The zero-order valence-electron chi connectivity index (χ0n) is 9.87. The average Bonchev–Trinajstić information content (AvgIpc) is 2.27. The molecule has 2 rings (SSSR count). The zero-order valence-corrected chi connectivity index (χ0v) is 9.87. The van der Waals surface area contributed by atoms with E-state index in [-0.39, 0.29) is 17.5 Å². The monoisotopic (exact) mass is 224 g/mol. The Hall–Kier alpha value is -0.700. The van der Waals surface area contributed by atoms with E-state index in [9.17, 15) is 14.7 Å². The Bertz CT molecular complexity index is 302. The van der Waals surface area contributed by atoms with Crippen molar-refractivity contribution >= 4 is 11.6 Å². The van der Waals surface area contributed by atoms with Crippen LogP contribution in [0.25, 0.3) is 0 Å². The molecule has 0 aromatic carbocycles. The van der Waals surface area contributed by atoms with E-state index in [1.165, 1.54) is 0 Å². The first-order chi connectivity index (χ1) is 7.54. The predicted octanol–water partition coefficient (Wildman–Crippen LogP) is 1.87. The van der Waals surface area contributed by atoms with Gasteiger partial charge in [-0.3, -0.25) is 9.59 Å². The minimum Gasteiger partial charge on any atom is -0.389 e. The molecule has 0 aromatic heterocycles. The molecule has 2 unspecified atom stereocenters. The van der Waals surface area contributed by atoms with E-state index in [1.54, 1.807) is 6.92 Å².